The number of nitriles is 2. The number of nitrogens with zero attached hydrogens (tertiary/aromatic N) is 2. The van der Waals surface area contributed by atoms with Crippen LogP contribution in [0.15, 0.2) is 11.4 Å². The topological polar surface area (TPSA) is 94.9 Å². The summed E-state index contributed by atoms with van der Waals surface area (Å²) in [4.78, 5) is 0. The minimum atomic E-state index is -0.908. The molecular formula is C12H16N4O. The molecule has 90 valence electrons. The van der Waals surface area contributed by atoms with Crippen molar-refractivity contribution in [1.82, 2.24) is 5.32 Å². The summed E-state index contributed by atoms with van der Waals surface area (Å²) in [7, 11) is 0. The average molecular weight is 232 g/mol. The van der Waals surface area contributed by atoms with E-state index in [0.29, 0.717) is 5.57 Å². The van der Waals surface area contributed by atoms with Crippen LogP contribution in [0.25, 0.3) is 0 Å². The van der Waals surface area contributed by atoms with Gasteiger partial charge in [0.25, 0.3) is 0 Å². The molecule has 0 bridgehead atoms. The first kappa shape index (κ1) is 11.8. The van der Waals surface area contributed by atoms with E-state index in [0.717, 1.165) is 12.8 Å². The lowest BCUT2D eigenvalue weighted by Gasteiger charge is -2.26. The first-order chi connectivity index (χ1) is 8.11. The molecule has 4 unspecified atom stereocenters. The van der Waals surface area contributed by atoms with Gasteiger partial charge < -0.3 is 15.8 Å². The molecule has 1 fully saturated rings. The fourth-order valence-corrected chi connectivity index (χ4v) is 3.01. The molecule has 3 N–H and O–H groups in total. The van der Waals surface area contributed by atoms with E-state index in [1.165, 1.54) is 0 Å². The molecule has 2 rings (SSSR count). The molecule has 17 heavy (non-hydrogen) atoms. The van der Waals surface area contributed by atoms with Gasteiger partial charge in [0.05, 0.1) is 17.7 Å². The highest BCUT2D eigenvalue weighted by Crippen LogP contribution is 2.52. The van der Waals surface area contributed by atoms with Crippen molar-refractivity contribution < 1.29 is 4.74 Å². The third kappa shape index (κ3) is 1.33. The van der Waals surface area contributed by atoms with Gasteiger partial charge in [-0.2, -0.15) is 10.5 Å². The maximum Gasteiger partial charge on any atom is 0.153 e. The third-order valence-corrected chi connectivity index (χ3v) is 3.78. The smallest absolute Gasteiger partial charge is 0.153 e. The van der Waals surface area contributed by atoms with Gasteiger partial charge in [-0.05, 0) is 13.3 Å². The zero-order chi connectivity index (χ0) is 12.6. The molecule has 0 aliphatic carbocycles. The Balaban J connectivity index is 2.50. The van der Waals surface area contributed by atoms with Gasteiger partial charge in [0.1, 0.15) is 17.3 Å². The summed E-state index contributed by atoms with van der Waals surface area (Å²) in [5, 5.41) is 21.7. The zero-order valence-corrected chi connectivity index (χ0v) is 10.0. The summed E-state index contributed by atoms with van der Waals surface area (Å²) in [5.74, 6) is 0.303. The van der Waals surface area contributed by atoms with Crippen molar-refractivity contribution in [2.24, 2.45) is 17.1 Å². The van der Waals surface area contributed by atoms with Crippen LogP contribution in [0.3, 0.4) is 0 Å². The van der Waals surface area contributed by atoms with Crippen molar-refractivity contribution in [3.05, 3.63) is 11.4 Å². The van der Waals surface area contributed by atoms with E-state index in [9.17, 15) is 10.5 Å². The summed E-state index contributed by atoms with van der Waals surface area (Å²) >= 11 is 0. The van der Waals surface area contributed by atoms with Gasteiger partial charge in [0.15, 0.2) is 6.23 Å². The Kier molecular flexibility index (Phi) is 2.73. The fraction of sp³-hybridized carbons (Fsp3) is 0.667. The number of nitrogens with two attached hydrogens (primary N) is 1. The summed E-state index contributed by atoms with van der Waals surface area (Å²) in [6, 6.07) is 4.36. The van der Waals surface area contributed by atoms with Gasteiger partial charge in [-0.25, -0.2) is 0 Å². The molecule has 0 aromatic rings. The highest BCUT2D eigenvalue weighted by molar-refractivity contribution is 5.46. The maximum atomic E-state index is 9.55. The van der Waals surface area contributed by atoms with Crippen molar-refractivity contribution in [3.63, 3.8) is 0 Å². The highest BCUT2D eigenvalue weighted by atomic mass is 16.5. The van der Waals surface area contributed by atoms with E-state index < -0.39 is 11.6 Å². The fourth-order valence-electron chi connectivity index (χ4n) is 3.01. The molecule has 0 aromatic heterocycles. The van der Waals surface area contributed by atoms with Crippen LogP contribution >= 0.6 is 0 Å². The second kappa shape index (κ2) is 3.94. The van der Waals surface area contributed by atoms with Crippen molar-refractivity contribution in [2.75, 3.05) is 0 Å². The largest absolute Gasteiger partial charge is 0.385 e. The highest BCUT2D eigenvalue weighted by Gasteiger charge is 2.62. The maximum absolute atomic E-state index is 9.55. The molecule has 0 amide bonds. The lowest BCUT2D eigenvalue weighted by atomic mass is 9.69. The Labute approximate surface area is 101 Å². The summed E-state index contributed by atoms with van der Waals surface area (Å²) in [6.45, 7) is 4.01. The SMILES string of the molecule is CCCC1C(C)OC2NC(N)=C(C#N)C21C#N. The van der Waals surface area contributed by atoms with Crippen LogP contribution < -0.4 is 11.1 Å². The zero-order valence-electron chi connectivity index (χ0n) is 10.0. The van der Waals surface area contributed by atoms with Gasteiger partial charge >= 0.3 is 0 Å². The van der Waals surface area contributed by atoms with Gasteiger partial charge in [-0.15, -0.1) is 0 Å². The van der Waals surface area contributed by atoms with Crippen LogP contribution in [0.5, 0.6) is 0 Å². The van der Waals surface area contributed by atoms with Gasteiger partial charge in [0.2, 0.25) is 0 Å². The second-order valence-corrected chi connectivity index (χ2v) is 4.64. The molecule has 5 heteroatoms. The molecule has 2 aliphatic heterocycles. The number of rotatable bonds is 2. The molecule has 0 spiro atoms. The van der Waals surface area contributed by atoms with Crippen molar-refractivity contribution in [3.8, 4) is 12.1 Å². The van der Waals surface area contributed by atoms with E-state index in [2.05, 4.69) is 24.4 Å². The quantitative estimate of drug-likeness (QED) is 0.739. The Bertz CT molecular complexity index is 444. The number of hydrogen-bond donors (Lipinski definition) is 2. The van der Waals surface area contributed by atoms with Crippen LogP contribution in [0.4, 0.5) is 0 Å². The minimum Gasteiger partial charge on any atom is -0.385 e. The molecule has 2 aliphatic rings. The van der Waals surface area contributed by atoms with E-state index >= 15 is 0 Å². The molecule has 0 radical (unpaired) electrons. The lowest BCUT2D eigenvalue weighted by molar-refractivity contribution is 0.0261. The first-order valence-electron chi connectivity index (χ1n) is 5.85. The minimum absolute atomic E-state index is 0.0192. The summed E-state index contributed by atoms with van der Waals surface area (Å²) in [6.07, 6.45) is 1.29. The van der Waals surface area contributed by atoms with Gasteiger partial charge in [-0.1, -0.05) is 13.3 Å². The van der Waals surface area contributed by atoms with E-state index in [4.69, 9.17) is 10.5 Å². The van der Waals surface area contributed by atoms with Crippen LogP contribution in [0.1, 0.15) is 26.7 Å². The predicted octanol–water partition coefficient (Wildman–Crippen LogP) is 0.955. The molecule has 1 saturated heterocycles. The van der Waals surface area contributed by atoms with Crippen molar-refractivity contribution in [1.29, 1.82) is 10.5 Å². The Morgan fingerprint density at radius 3 is 2.76 bits per heavy atom. The lowest BCUT2D eigenvalue weighted by Crippen LogP contribution is -2.38. The van der Waals surface area contributed by atoms with Crippen molar-refractivity contribution >= 4 is 0 Å². The van der Waals surface area contributed by atoms with Gasteiger partial charge in [-0.3, -0.25) is 0 Å². The number of ether oxygens (including phenoxy) is 1. The van der Waals surface area contributed by atoms with E-state index in [-0.39, 0.29) is 17.8 Å². The predicted molar refractivity (Wildman–Crippen MR) is 60.7 cm³/mol. The normalized spacial score (nSPS) is 39.4. The van der Waals surface area contributed by atoms with Crippen LogP contribution in [0.2, 0.25) is 0 Å². The Hall–Kier alpha value is -1.72. The molecule has 2 heterocycles. The molecule has 0 aromatic carbocycles. The van der Waals surface area contributed by atoms with Crippen LogP contribution in [-0.2, 0) is 4.74 Å². The second-order valence-electron chi connectivity index (χ2n) is 4.64. The third-order valence-electron chi connectivity index (χ3n) is 3.78. The molecule has 0 saturated carbocycles. The molecule has 4 atom stereocenters. The number of hydrogen-bond acceptors (Lipinski definition) is 5. The van der Waals surface area contributed by atoms with E-state index in [1.807, 2.05) is 6.92 Å². The summed E-state index contributed by atoms with van der Waals surface area (Å²) < 4.78 is 5.74. The first-order valence-corrected chi connectivity index (χ1v) is 5.85. The molecular weight excluding hydrogens is 216 g/mol. The standard InChI is InChI=1S/C12H16N4O/c1-3-4-8-7(2)17-11-12(8,6-14)9(5-13)10(15)16-11/h7-8,11,16H,3-4,15H2,1-2H3. The Morgan fingerprint density at radius 1 is 1.53 bits per heavy atom. The average Bonchev–Trinajstić information content (AvgIpc) is 2.71. The Morgan fingerprint density at radius 2 is 2.24 bits per heavy atom. The van der Waals surface area contributed by atoms with Crippen LogP contribution in [0, 0.1) is 34.0 Å². The molecule has 5 nitrogen and oxygen atoms in total. The monoisotopic (exact) mass is 232 g/mol. The van der Waals surface area contributed by atoms with E-state index in [1.54, 1.807) is 0 Å². The van der Waals surface area contributed by atoms with Crippen molar-refractivity contribution in [2.45, 2.75) is 39.0 Å². The summed E-state index contributed by atoms with van der Waals surface area (Å²) in [5.41, 5.74) is 5.19. The number of fused-ring (bicyclic) bond motifs is 1. The number of nitrogens with one attached hydrogen (secondary N) is 1. The van der Waals surface area contributed by atoms with Gasteiger partial charge in [0, 0.05) is 5.92 Å². The van der Waals surface area contributed by atoms with Crippen LogP contribution in [-0.4, -0.2) is 12.3 Å².